The predicted molar refractivity (Wildman–Crippen MR) is 92.4 cm³/mol. The number of anilines is 1. The van der Waals surface area contributed by atoms with Crippen molar-refractivity contribution >= 4 is 5.82 Å². The molecule has 0 amide bonds. The highest BCUT2D eigenvalue weighted by Gasteiger charge is 2.09. The summed E-state index contributed by atoms with van der Waals surface area (Å²) in [7, 11) is 3.31. The van der Waals surface area contributed by atoms with Gasteiger partial charge in [0.2, 0.25) is 0 Å². The highest BCUT2D eigenvalue weighted by Crippen LogP contribution is 2.28. The Hall–Kier alpha value is -2.30. The Kier molecular flexibility index (Phi) is 5.79. The molecule has 0 radical (unpaired) electrons. The monoisotopic (exact) mass is 315 g/mol. The van der Waals surface area contributed by atoms with Crippen molar-refractivity contribution in [1.82, 2.24) is 9.97 Å². The van der Waals surface area contributed by atoms with Crippen molar-refractivity contribution in [2.24, 2.45) is 5.92 Å². The Morgan fingerprint density at radius 2 is 1.78 bits per heavy atom. The van der Waals surface area contributed by atoms with E-state index in [0.717, 1.165) is 41.8 Å². The Labute approximate surface area is 138 Å². The molecule has 1 aromatic carbocycles. The number of nitrogens with zero attached hydrogens (tertiary/aromatic N) is 2. The summed E-state index contributed by atoms with van der Waals surface area (Å²) >= 11 is 0. The first-order valence-electron chi connectivity index (χ1n) is 7.79. The van der Waals surface area contributed by atoms with Crippen LogP contribution in [0.5, 0.6) is 11.5 Å². The van der Waals surface area contributed by atoms with E-state index in [0.29, 0.717) is 5.92 Å². The van der Waals surface area contributed by atoms with E-state index in [1.807, 2.05) is 32.0 Å². The van der Waals surface area contributed by atoms with Gasteiger partial charge in [0, 0.05) is 18.3 Å². The van der Waals surface area contributed by atoms with Crippen molar-refractivity contribution < 1.29 is 9.47 Å². The fourth-order valence-electron chi connectivity index (χ4n) is 2.57. The summed E-state index contributed by atoms with van der Waals surface area (Å²) < 4.78 is 10.6. The van der Waals surface area contributed by atoms with E-state index in [2.05, 4.69) is 28.3 Å². The maximum Gasteiger partial charge on any atom is 0.160 e. The summed E-state index contributed by atoms with van der Waals surface area (Å²) in [5, 5.41) is 3.39. The quantitative estimate of drug-likeness (QED) is 0.848. The zero-order valence-electron chi connectivity index (χ0n) is 14.5. The molecule has 0 saturated heterocycles. The number of methoxy groups -OCH3 is 2. The van der Waals surface area contributed by atoms with Crippen molar-refractivity contribution in [2.75, 3.05) is 26.1 Å². The largest absolute Gasteiger partial charge is 0.493 e. The first-order valence-corrected chi connectivity index (χ1v) is 7.79. The number of aryl methyl sites for hydroxylation is 2. The summed E-state index contributed by atoms with van der Waals surface area (Å²) in [6.07, 6.45) is 0.955. The molecule has 1 heterocycles. The molecule has 124 valence electrons. The number of aromatic nitrogens is 2. The summed E-state index contributed by atoms with van der Waals surface area (Å²) in [5.74, 6) is 3.67. The third-order valence-corrected chi connectivity index (χ3v) is 3.63. The fraction of sp³-hybridized carbons (Fsp3) is 0.444. The van der Waals surface area contributed by atoms with E-state index in [1.165, 1.54) is 5.56 Å². The van der Waals surface area contributed by atoms with Gasteiger partial charge >= 0.3 is 0 Å². The van der Waals surface area contributed by atoms with Crippen LogP contribution in [0.3, 0.4) is 0 Å². The Balaban J connectivity index is 1.95. The molecule has 5 heteroatoms. The number of hydrogen-bond acceptors (Lipinski definition) is 5. The smallest absolute Gasteiger partial charge is 0.160 e. The molecule has 1 unspecified atom stereocenters. The average Bonchev–Trinajstić information content (AvgIpc) is 2.52. The third-order valence-electron chi connectivity index (χ3n) is 3.63. The molecule has 23 heavy (non-hydrogen) atoms. The first kappa shape index (κ1) is 17.1. The SMILES string of the molecule is COc1ccc(CC(C)CNc2cc(C)nc(C)n2)cc1OC. The predicted octanol–water partition coefficient (Wildman–Crippen LogP) is 3.40. The lowest BCUT2D eigenvalue weighted by molar-refractivity contribution is 0.354. The molecule has 0 aliphatic rings. The molecule has 0 saturated carbocycles. The van der Waals surface area contributed by atoms with Gasteiger partial charge in [0.15, 0.2) is 11.5 Å². The number of benzene rings is 1. The van der Waals surface area contributed by atoms with E-state index in [4.69, 9.17) is 9.47 Å². The Morgan fingerprint density at radius 3 is 2.43 bits per heavy atom. The van der Waals surface area contributed by atoms with Gasteiger partial charge in [-0.2, -0.15) is 0 Å². The van der Waals surface area contributed by atoms with E-state index >= 15 is 0 Å². The highest BCUT2D eigenvalue weighted by molar-refractivity contribution is 5.43. The zero-order valence-corrected chi connectivity index (χ0v) is 14.5. The van der Waals surface area contributed by atoms with Crippen LogP contribution < -0.4 is 14.8 Å². The minimum Gasteiger partial charge on any atom is -0.493 e. The van der Waals surface area contributed by atoms with Gasteiger partial charge in [-0.1, -0.05) is 13.0 Å². The summed E-state index contributed by atoms with van der Waals surface area (Å²) in [5.41, 5.74) is 2.21. The third kappa shape index (κ3) is 4.84. The molecule has 1 atom stereocenters. The number of hydrogen-bond donors (Lipinski definition) is 1. The Bertz CT molecular complexity index is 638. The Morgan fingerprint density at radius 1 is 1.04 bits per heavy atom. The molecule has 0 aliphatic carbocycles. The van der Waals surface area contributed by atoms with Crippen molar-refractivity contribution in [3.63, 3.8) is 0 Å². The molecule has 2 aromatic rings. The molecular weight excluding hydrogens is 290 g/mol. The number of nitrogens with one attached hydrogen (secondary N) is 1. The zero-order chi connectivity index (χ0) is 16.8. The summed E-state index contributed by atoms with van der Waals surface area (Å²) in [4.78, 5) is 8.69. The lowest BCUT2D eigenvalue weighted by atomic mass is 10.0. The van der Waals surface area contributed by atoms with Crippen molar-refractivity contribution in [3.8, 4) is 11.5 Å². The lowest BCUT2D eigenvalue weighted by Crippen LogP contribution is -2.15. The first-order chi connectivity index (χ1) is 11.0. The van der Waals surface area contributed by atoms with Gasteiger partial charge in [0.1, 0.15) is 11.6 Å². The molecular formula is C18H25N3O2. The van der Waals surface area contributed by atoms with Crippen LogP contribution in [0.15, 0.2) is 24.3 Å². The van der Waals surface area contributed by atoms with Crippen LogP contribution in [-0.2, 0) is 6.42 Å². The second-order valence-electron chi connectivity index (χ2n) is 5.82. The van der Waals surface area contributed by atoms with E-state index in [1.54, 1.807) is 14.2 Å². The number of ether oxygens (including phenoxy) is 2. The molecule has 0 spiro atoms. The molecule has 0 bridgehead atoms. The van der Waals surface area contributed by atoms with Gasteiger partial charge in [0.05, 0.1) is 14.2 Å². The molecule has 0 fully saturated rings. The van der Waals surface area contributed by atoms with Crippen LogP contribution in [0.2, 0.25) is 0 Å². The second-order valence-corrected chi connectivity index (χ2v) is 5.82. The molecule has 0 aliphatic heterocycles. The van der Waals surface area contributed by atoms with Crippen LogP contribution in [0, 0.1) is 19.8 Å². The van der Waals surface area contributed by atoms with E-state index in [9.17, 15) is 0 Å². The molecule has 5 nitrogen and oxygen atoms in total. The second kappa shape index (κ2) is 7.81. The molecule has 1 aromatic heterocycles. The fourth-order valence-corrected chi connectivity index (χ4v) is 2.57. The standard InChI is InChI=1S/C18H25N3O2/c1-12(11-19-18-9-13(2)20-14(3)21-18)8-15-6-7-16(22-4)17(10-15)23-5/h6-7,9-10,12H,8,11H2,1-5H3,(H,19,20,21). The highest BCUT2D eigenvalue weighted by atomic mass is 16.5. The van der Waals surface area contributed by atoms with Crippen molar-refractivity contribution in [1.29, 1.82) is 0 Å². The maximum absolute atomic E-state index is 5.36. The van der Waals surface area contributed by atoms with Crippen LogP contribution in [0.25, 0.3) is 0 Å². The minimum absolute atomic E-state index is 0.462. The lowest BCUT2D eigenvalue weighted by Gasteiger charge is -2.15. The number of rotatable bonds is 7. The minimum atomic E-state index is 0.462. The summed E-state index contributed by atoms with van der Waals surface area (Å²) in [6, 6.07) is 8.03. The van der Waals surface area contributed by atoms with Gasteiger partial charge in [-0.15, -0.1) is 0 Å². The topological polar surface area (TPSA) is 56.3 Å². The van der Waals surface area contributed by atoms with Gasteiger partial charge < -0.3 is 14.8 Å². The van der Waals surface area contributed by atoms with Crippen LogP contribution >= 0.6 is 0 Å². The normalized spacial score (nSPS) is 11.9. The maximum atomic E-state index is 5.36. The average molecular weight is 315 g/mol. The van der Waals surface area contributed by atoms with Crippen LogP contribution in [-0.4, -0.2) is 30.7 Å². The van der Waals surface area contributed by atoms with Crippen molar-refractivity contribution in [2.45, 2.75) is 27.2 Å². The van der Waals surface area contributed by atoms with Gasteiger partial charge in [-0.25, -0.2) is 9.97 Å². The van der Waals surface area contributed by atoms with Crippen LogP contribution in [0.1, 0.15) is 24.0 Å². The molecule has 2 rings (SSSR count). The van der Waals surface area contributed by atoms with Gasteiger partial charge in [-0.05, 0) is 43.9 Å². The summed E-state index contributed by atoms with van der Waals surface area (Å²) in [6.45, 7) is 6.95. The van der Waals surface area contributed by atoms with Gasteiger partial charge in [-0.3, -0.25) is 0 Å². The van der Waals surface area contributed by atoms with E-state index in [-0.39, 0.29) is 0 Å². The van der Waals surface area contributed by atoms with Crippen molar-refractivity contribution in [3.05, 3.63) is 41.3 Å². The molecule has 1 N–H and O–H groups in total. The van der Waals surface area contributed by atoms with E-state index < -0.39 is 0 Å². The van der Waals surface area contributed by atoms with Gasteiger partial charge in [0.25, 0.3) is 0 Å². The van der Waals surface area contributed by atoms with Crippen LogP contribution in [0.4, 0.5) is 5.82 Å².